The van der Waals surface area contributed by atoms with Crippen LogP contribution in [0.2, 0.25) is 0 Å². The lowest BCUT2D eigenvalue weighted by atomic mass is 9.46. The van der Waals surface area contributed by atoms with Gasteiger partial charge in [0, 0.05) is 24.7 Å². The highest BCUT2D eigenvalue weighted by Gasteiger charge is 2.70. The van der Waals surface area contributed by atoms with Crippen LogP contribution in [-0.2, 0) is 38.0 Å². The fourth-order valence-electron chi connectivity index (χ4n) is 12.1. The number of aliphatic hydroxyl groups excluding tert-OH is 4. The number of hydrogen-bond acceptors (Lipinski definition) is 15. The summed E-state index contributed by atoms with van der Waals surface area (Å²) in [5.41, 5.74) is -1.08. The molecular formula is C47H68O15. The predicted octanol–water partition coefficient (Wildman–Crippen LogP) is 4.02. The average Bonchev–Trinajstić information content (AvgIpc) is 3.47. The van der Waals surface area contributed by atoms with Gasteiger partial charge in [0.05, 0.1) is 38.1 Å². The zero-order valence-corrected chi connectivity index (χ0v) is 37.1. The number of allylic oxidation sites excluding steroid dienone is 1. The molecule has 0 radical (unpaired) electrons. The molecule has 346 valence electrons. The van der Waals surface area contributed by atoms with Crippen molar-refractivity contribution in [3.63, 3.8) is 0 Å². The molecule has 2 aliphatic heterocycles. The lowest BCUT2D eigenvalue weighted by Gasteiger charge is -2.59. The van der Waals surface area contributed by atoms with Crippen molar-refractivity contribution in [3.8, 4) is 5.75 Å². The summed E-state index contributed by atoms with van der Waals surface area (Å²) in [6, 6.07) is 6.05. The number of esters is 2. The number of rotatable bonds is 13. The molecule has 6 aliphatic rings. The molecule has 2 saturated heterocycles. The first-order chi connectivity index (χ1) is 29.3. The topological polar surface area (TPSA) is 217 Å². The van der Waals surface area contributed by atoms with Gasteiger partial charge in [-0.1, -0.05) is 46.3 Å². The Morgan fingerprint density at radius 3 is 2.19 bits per heavy atom. The van der Waals surface area contributed by atoms with E-state index < -0.39 is 90.8 Å². The number of ether oxygens (including phenoxy) is 7. The molecule has 17 atom stereocenters. The number of carbonyl (C=O) groups is 3. The van der Waals surface area contributed by atoms with Gasteiger partial charge in [0.1, 0.15) is 41.5 Å². The fourth-order valence-corrected chi connectivity index (χ4v) is 12.1. The number of fused-ring (bicyclic) bond motifs is 5. The second kappa shape index (κ2) is 18.5. The van der Waals surface area contributed by atoms with Gasteiger partial charge in [-0.15, -0.1) is 0 Å². The summed E-state index contributed by atoms with van der Waals surface area (Å²) in [5.74, 6) is -1.30. The molecule has 0 aromatic heterocycles. The molecule has 5 fully saturated rings. The summed E-state index contributed by atoms with van der Waals surface area (Å²) in [5, 5.41) is 57.1. The Labute approximate surface area is 364 Å². The van der Waals surface area contributed by atoms with Crippen LogP contribution in [0.25, 0.3) is 0 Å². The van der Waals surface area contributed by atoms with E-state index in [-0.39, 0.29) is 53.6 Å². The van der Waals surface area contributed by atoms with Gasteiger partial charge in [-0.05, 0) is 105 Å². The van der Waals surface area contributed by atoms with Crippen molar-refractivity contribution in [2.24, 2.45) is 40.4 Å². The third kappa shape index (κ3) is 8.62. The van der Waals surface area contributed by atoms with Crippen LogP contribution in [0, 0.1) is 40.4 Å². The molecule has 15 heteroatoms. The first-order valence-corrected chi connectivity index (χ1v) is 22.6. The first-order valence-electron chi connectivity index (χ1n) is 22.6. The summed E-state index contributed by atoms with van der Waals surface area (Å²) in [4.78, 5) is 40.3. The zero-order chi connectivity index (χ0) is 44.9. The minimum Gasteiger partial charge on any atom is -0.497 e. The Kier molecular flexibility index (Phi) is 14.0. The van der Waals surface area contributed by atoms with Crippen LogP contribution in [0.15, 0.2) is 35.9 Å². The third-order valence-electron chi connectivity index (χ3n) is 15.7. The maximum Gasteiger partial charge on any atom is 0.338 e. The molecule has 62 heavy (non-hydrogen) atoms. The number of aliphatic hydroxyl groups is 5. The van der Waals surface area contributed by atoms with Crippen molar-refractivity contribution < 1.29 is 73.1 Å². The molecule has 5 N–H and O–H groups in total. The van der Waals surface area contributed by atoms with Crippen molar-refractivity contribution in [3.05, 3.63) is 41.5 Å². The SMILES string of the molecule is COc1ccc(C(=O)O[C@H]2[C@H](O[C@@H]3[C@@H](OC(C)=O)[C@H](O[C@H]4C[C@H]5[C@@H]6CC=C7C[C@@H](O)CC[C@]7(C)[C@H]6CC[C@]5(C)[C@@]4(O)[C@H](C)C(=O)CCC(C)C)OC[C@@H]3O)OC[C@@H](O)[C@@H]2O)cc1. The van der Waals surface area contributed by atoms with Crippen molar-refractivity contribution in [2.45, 2.75) is 166 Å². The highest BCUT2D eigenvalue weighted by atomic mass is 16.8. The summed E-state index contributed by atoms with van der Waals surface area (Å²) < 4.78 is 41.7. The van der Waals surface area contributed by atoms with Gasteiger partial charge < -0.3 is 58.7 Å². The van der Waals surface area contributed by atoms with Crippen LogP contribution in [0.3, 0.4) is 0 Å². The number of ketones is 1. The number of benzene rings is 1. The van der Waals surface area contributed by atoms with Gasteiger partial charge in [0.15, 0.2) is 24.8 Å². The zero-order valence-electron chi connectivity index (χ0n) is 37.1. The van der Waals surface area contributed by atoms with E-state index in [1.165, 1.54) is 31.7 Å². The van der Waals surface area contributed by atoms with E-state index in [2.05, 4.69) is 33.8 Å². The highest BCUT2D eigenvalue weighted by Crippen LogP contribution is 2.69. The van der Waals surface area contributed by atoms with E-state index in [4.69, 9.17) is 33.2 Å². The summed E-state index contributed by atoms with van der Waals surface area (Å²) in [6.07, 6.45) is -5.12. The minimum absolute atomic E-state index is 0.0591. The molecule has 7 rings (SSSR count). The number of Topliss-reactive ketones (excluding diaryl/α,β-unsaturated/α-hetero) is 1. The maximum atomic E-state index is 14.2. The molecule has 1 aromatic rings. The van der Waals surface area contributed by atoms with Gasteiger partial charge >= 0.3 is 11.9 Å². The second-order valence-electron chi connectivity index (χ2n) is 19.7. The van der Waals surface area contributed by atoms with Crippen molar-refractivity contribution in [2.75, 3.05) is 20.3 Å². The van der Waals surface area contributed by atoms with E-state index in [0.29, 0.717) is 37.4 Å². The first kappa shape index (κ1) is 47.0. The average molecular weight is 873 g/mol. The largest absolute Gasteiger partial charge is 0.497 e. The van der Waals surface area contributed by atoms with Gasteiger partial charge in [-0.3, -0.25) is 9.59 Å². The third-order valence-corrected chi connectivity index (χ3v) is 15.7. The maximum absolute atomic E-state index is 14.2. The van der Waals surface area contributed by atoms with E-state index in [1.54, 1.807) is 19.1 Å². The Bertz CT molecular complexity index is 1800. The van der Waals surface area contributed by atoms with Gasteiger partial charge in [-0.25, -0.2) is 4.79 Å². The minimum atomic E-state index is -1.67. The number of hydrogen-bond donors (Lipinski definition) is 5. The Hall–Kier alpha value is -2.99. The summed E-state index contributed by atoms with van der Waals surface area (Å²) in [6.45, 7) is 10.7. The van der Waals surface area contributed by atoms with Crippen LogP contribution in [0.4, 0.5) is 0 Å². The smallest absolute Gasteiger partial charge is 0.338 e. The molecule has 0 amide bonds. The summed E-state index contributed by atoms with van der Waals surface area (Å²) >= 11 is 0. The molecule has 15 nitrogen and oxygen atoms in total. The molecule has 0 bridgehead atoms. The quantitative estimate of drug-likeness (QED) is 0.140. The van der Waals surface area contributed by atoms with Crippen LogP contribution >= 0.6 is 0 Å². The lowest BCUT2D eigenvalue weighted by Crippen LogP contribution is -2.64. The van der Waals surface area contributed by atoms with Crippen LogP contribution in [-0.4, -0.2) is 131 Å². The molecule has 1 aromatic carbocycles. The van der Waals surface area contributed by atoms with Gasteiger partial charge in [0.25, 0.3) is 0 Å². The van der Waals surface area contributed by atoms with E-state index >= 15 is 0 Å². The second-order valence-corrected chi connectivity index (χ2v) is 19.7. The summed E-state index contributed by atoms with van der Waals surface area (Å²) in [7, 11) is 1.48. The highest BCUT2D eigenvalue weighted by molar-refractivity contribution is 5.89. The van der Waals surface area contributed by atoms with E-state index in [9.17, 15) is 39.9 Å². The van der Waals surface area contributed by atoms with Crippen LogP contribution in [0.1, 0.15) is 110 Å². The van der Waals surface area contributed by atoms with E-state index in [1.807, 2.05) is 0 Å². The Morgan fingerprint density at radius 1 is 0.855 bits per heavy atom. The monoisotopic (exact) mass is 872 g/mol. The molecule has 0 unspecified atom stereocenters. The van der Waals surface area contributed by atoms with Crippen molar-refractivity contribution in [1.29, 1.82) is 0 Å². The molecule has 3 saturated carbocycles. The lowest BCUT2D eigenvalue weighted by molar-refractivity contribution is -0.345. The fraction of sp³-hybridized carbons (Fsp3) is 0.766. The standard InChI is InChI=1S/C47H68O15/c1-24(2)8-15-34(50)25(3)47(55)37(21-33-31-14-11-28-20-29(49)16-18-45(28,5)32(31)17-19-46(33,47)6)60-44-41(59-26(4)48)39(36(52)23-58-44)62-43-40(38(53)35(51)22-57-43)61-42(54)27-9-12-30(56-7)13-10-27/h9-13,24-25,29,31-33,35-41,43-44,49,51-53,55H,8,14-23H2,1-7H3/t25-,29+,31-,32+,33+,35-,36+,37+,38+,39+,40-,41-,43+,44+,45+,46+,47-/m1/s1. The van der Waals surface area contributed by atoms with Gasteiger partial charge in [-0.2, -0.15) is 0 Å². The van der Waals surface area contributed by atoms with Gasteiger partial charge in [0.2, 0.25) is 0 Å². The molecular weight excluding hydrogens is 805 g/mol. The molecule has 0 spiro atoms. The molecule has 4 aliphatic carbocycles. The van der Waals surface area contributed by atoms with Crippen LogP contribution in [0.5, 0.6) is 5.75 Å². The van der Waals surface area contributed by atoms with E-state index in [0.717, 1.165) is 25.7 Å². The Balaban J connectivity index is 1.18. The van der Waals surface area contributed by atoms with Crippen LogP contribution < -0.4 is 4.74 Å². The number of methoxy groups -OCH3 is 1. The predicted molar refractivity (Wildman–Crippen MR) is 221 cm³/mol. The Morgan fingerprint density at radius 2 is 1.53 bits per heavy atom. The molecule has 2 heterocycles. The van der Waals surface area contributed by atoms with Crippen molar-refractivity contribution in [1.82, 2.24) is 0 Å². The number of carbonyl (C=O) groups excluding carboxylic acids is 3. The normalized spacial score (nSPS) is 42.1. The van der Waals surface area contributed by atoms with Crippen molar-refractivity contribution >= 4 is 17.7 Å².